The SMILES string of the molecule is CCC(CN)C1(O)CC2CCC(C1)N2. The van der Waals surface area contributed by atoms with Crippen molar-refractivity contribution >= 4 is 0 Å². The van der Waals surface area contributed by atoms with Gasteiger partial charge in [0.05, 0.1) is 5.60 Å². The lowest BCUT2D eigenvalue weighted by Crippen LogP contribution is -2.53. The second-order valence-electron chi connectivity index (χ2n) is 4.99. The van der Waals surface area contributed by atoms with Crippen LogP contribution >= 0.6 is 0 Å². The largest absolute Gasteiger partial charge is 0.389 e. The lowest BCUT2D eigenvalue weighted by atomic mass is 9.76. The molecule has 2 fully saturated rings. The Morgan fingerprint density at radius 2 is 2.00 bits per heavy atom. The number of nitrogens with one attached hydrogen (secondary N) is 1. The number of rotatable bonds is 3. The molecule has 3 unspecified atom stereocenters. The van der Waals surface area contributed by atoms with Gasteiger partial charge < -0.3 is 16.2 Å². The van der Waals surface area contributed by atoms with E-state index in [1.54, 1.807) is 0 Å². The number of aliphatic hydroxyl groups is 1. The Balaban J connectivity index is 2.08. The zero-order chi connectivity index (χ0) is 10.2. The van der Waals surface area contributed by atoms with Gasteiger partial charge in [-0.05, 0) is 44.6 Å². The lowest BCUT2D eigenvalue weighted by Gasteiger charge is -2.42. The Labute approximate surface area is 86.1 Å². The van der Waals surface area contributed by atoms with Gasteiger partial charge in [-0.25, -0.2) is 0 Å². The molecule has 0 aliphatic carbocycles. The summed E-state index contributed by atoms with van der Waals surface area (Å²) in [5.41, 5.74) is 5.24. The summed E-state index contributed by atoms with van der Waals surface area (Å²) in [7, 11) is 0. The van der Waals surface area contributed by atoms with Gasteiger partial charge in [-0.15, -0.1) is 0 Å². The molecule has 0 amide bonds. The Morgan fingerprint density at radius 1 is 1.43 bits per heavy atom. The zero-order valence-corrected chi connectivity index (χ0v) is 9.00. The molecule has 0 aromatic carbocycles. The van der Waals surface area contributed by atoms with Gasteiger partial charge in [0, 0.05) is 12.1 Å². The molecular weight excluding hydrogens is 176 g/mol. The Kier molecular flexibility index (Phi) is 2.82. The van der Waals surface area contributed by atoms with E-state index in [0.29, 0.717) is 18.6 Å². The van der Waals surface area contributed by atoms with E-state index in [9.17, 15) is 5.11 Å². The van der Waals surface area contributed by atoms with Crippen LogP contribution in [0.3, 0.4) is 0 Å². The molecule has 3 atom stereocenters. The molecule has 14 heavy (non-hydrogen) atoms. The average molecular weight is 198 g/mol. The predicted molar refractivity (Wildman–Crippen MR) is 57.0 cm³/mol. The summed E-state index contributed by atoms with van der Waals surface area (Å²) in [5.74, 6) is 0.285. The van der Waals surface area contributed by atoms with Crippen molar-refractivity contribution in [2.45, 2.75) is 56.7 Å². The average Bonchev–Trinajstić information content (AvgIpc) is 2.48. The summed E-state index contributed by atoms with van der Waals surface area (Å²) in [6, 6.07) is 1.08. The number of fused-ring (bicyclic) bond motifs is 2. The Morgan fingerprint density at radius 3 is 2.43 bits per heavy atom. The number of piperidine rings is 1. The molecule has 2 aliphatic rings. The molecule has 3 heteroatoms. The molecule has 2 saturated heterocycles. The van der Waals surface area contributed by atoms with E-state index in [-0.39, 0.29) is 5.92 Å². The highest BCUT2D eigenvalue weighted by Gasteiger charge is 2.45. The monoisotopic (exact) mass is 198 g/mol. The number of hydrogen-bond donors (Lipinski definition) is 3. The van der Waals surface area contributed by atoms with Gasteiger partial charge in [-0.3, -0.25) is 0 Å². The van der Waals surface area contributed by atoms with Crippen LogP contribution in [0.1, 0.15) is 39.0 Å². The highest BCUT2D eigenvalue weighted by atomic mass is 16.3. The summed E-state index contributed by atoms with van der Waals surface area (Å²) in [5, 5.41) is 14.1. The van der Waals surface area contributed by atoms with Gasteiger partial charge in [0.2, 0.25) is 0 Å². The van der Waals surface area contributed by atoms with Crippen molar-refractivity contribution in [1.82, 2.24) is 5.32 Å². The molecule has 0 aromatic rings. The number of nitrogens with two attached hydrogens (primary N) is 1. The van der Waals surface area contributed by atoms with Crippen molar-refractivity contribution in [1.29, 1.82) is 0 Å². The van der Waals surface area contributed by atoms with Crippen LogP contribution < -0.4 is 11.1 Å². The minimum Gasteiger partial charge on any atom is -0.389 e. The van der Waals surface area contributed by atoms with E-state index < -0.39 is 5.60 Å². The molecule has 0 aromatic heterocycles. The van der Waals surface area contributed by atoms with Crippen LogP contribution in [0.25, 0.3) is 0 Å². The maximum absolute atomic E-state index is 10.6. The van der Waals surface area contributed by atoms with E-state index in [2.05, 4.69) is 12.2 Å². The standard InChI is InChI=1S/C11H22N2O/c1-2-8(7-12)11(14)5-9-3-4-10(6-11)13-9/h8-10,13-14H,2-7,12H2,1H3. The van der Waals surface area contributed by atoms with E-state index in [1.165, 1.54) is 12.8 Å². The van der Waals surface area contributed by atoms with Gasteiger partial charge in [0.15, 0.2) is 0 Å². The predicted octanol–water partition coefficient (Wildman–Crippen LogP) is 0.617. The fourth-order valence-corrected chi connectivity index (χ4v) is 3.26. The third-order valence-corrected chi connectivity index (χ3v) is 4.07. The molecule has 0 saturated carbocycles. The fraction of sp³-hybridized carbons (Fsp3) is 1.00. The fourth-order valence-electron chi connectivity index (χ4n) is 3.26. The van der Waals surface area contributed by atoms with Crippen molar-refractivity contribution in [2.24, 2.45) is 11.7 Å². The molecule has 0 spiro atoms. The molecule has 3 nitrogen and oxygen atoms in total. The highest BCUT2D eigenvalue weighted by molar-refractivity contribution is 5.02. The van der Waals surface area contributed by atoms with Crippen molar-refractivity contribution in [2.75, 3.05) is 6.54 Å². The first kappa shape index (κ1) is 10.4. The quantitative estimate of drug-likeness (QED) is 0.623. The third kappa shape index (κ3) is 1.69. The lowest BCUT2D eigenvalue weighted by molar-refractivity contribution is -0.0556. The number of hydrogen-bond acceptors (Lipinski definition) is 3. The first-order chi connectivity index (χ1) is 6.68. The normalized spacial score (nSPS) is 43.9. The molecular formula is C11H22N2O. The van der Waals surface area contributed by atoms with Crippen molar-refractivity contribution in [3.8, 4) is 0 Å². The zero-order valence-electron chi connectivity index (χ0n) is 9.00. The summed E-state index contributed by atoms with van der Waals surface area (Å²) in [6.45, 7) is 2.74. The van der Waals surface area contributed by atoms with Gasteiger partial charge >= 0.3 is 0 Å². The van der Waals surface area contributed by atoms with Crippen molar-refractivity contribution < 1.29 is 5.11 Å². The van der Waals surface area contributed by atoms with Gasteiger partial charge in [-0.1, -0.05) is 6.92 Å². The van der Waals surface area contributed by atoms with E-state index in [0.717, 1.165) is 19.3 Å². The van der Waals surface area contributed by atoms with Crippen LogP contribution in [0.15, 0.2) is 0 Å². The van der Waals surface area contributed by atoms with Crippen LogP contribution in [0.4, 0.5) is 0 Å². The van der Waals surface area contributed by atoms with Crippen molar-refractivity contribution in [3.05, 3.63) is 0 Å². The maximum Gasteiger partial charge on any atom is 0.0717 e. The first-order valence-electron chi connectivity index (χ1n) is 5.86. The third-order valence-electron chi connectivity index (χ3n) is 4.07. The maximum atomic E-state index is 10.6. The summed E-state index contributed by atoms with van der Waals surface area (Å²) in [6.07, 6.45) is 5.26. The Bertz CT molecular complexity index is 191. The second-order valence-corrected chi connectivity index (χ2v) is 4.99. The van der Waals surface area contributed by atoms with E-state index in [1.807, 2.05) is 0 Å². The van der Waals surface area contributed by atoms with Crippen molar-refractivity contribution in [3.63, 3.8) is 0 Å². The van der Waals surface area contributed by atoms with Crippen LogP contribution in [0.5, 0.6) is 0 Å². The summed E-state index contributed by atoms with van der Waals surface area (Å²) < 4.78 is 0. The molecule has 2 heterocycles. The molecule has 2 bridgehead atoms. The topological polar surface area (TPSA) is 58.3 Å². The van der Waals surface area contributed by atoms with Crippen LogP contribution in [-0.2, 0) is 0 Å². The van der Waals surface area contributed by atoms with Gasteiger partial charge in [0.25, 0.3) is 0 Å². The van der Waals surface area contributed by atoms with E-state index in [4.69, 9.17) is 5.73 Å². The Hall–Kier alpha value is -0.120. The molecule has 4 N–H and O–H groups in total. The molecule has 2 aliphatic heterocycles. The van der Waals surface area contributed by atoms with E-state index >= 15 is 0 Å². The van der Waals surface area contributed by atoms with Gasteiger partial charge in [0.1, 0.15) is 0 Å². The minimum atomic E-state index is -0.486. The van der Waals surface area contributed by atoms with Crippen LogP contribution in [0.2, 0.25) is 0 Å². The van der Waals surface area contributed by atoms with Crippen LogP contribution in [0, 0.1) is 5.92 Å². The molecule has 82 valence electrons. The summed E-state index contributed by atoms with van der Waals surface area (Å²) in [4.78, 5) is 0. The smallest absolute Gasteiger partial charge is 0.0717 e. The molecule has 0 radical (unpaired) electrons. The van der Waals surface area contributed by atoms with Gasteiger partial charge in [-0.2, -0.15) is 0 Å². The second kappa shape index (κ2) is 3.80. The highest BCUT2D eigenvalue weighted by Crippen LogP contribution is 2.39. The first-order valence-corrected chi connectivity index (χ1v) is 5.86. The molecule has 2 rings (SSSR count). The minimum absolute atomic E-state index is 0.285. The summed E-state index contributed by atoms with van der Waals surface area (Å²) >= 11 is 0. The van der Waals surface area contributed by atoms with Crippen LogP contribution in [-0.4, -0.2) is 29.3 Å².